The van der Waals surface area contributed by atoms with E-state index in [0.29, 0.717) is 25.7 Å². The highest BCUT2D eigenvalue weighted by atomic mass is 31.2. The van der Waals surface area contributed by atoms with E-state index in [1.54, 1.807) is 0 Å². The van der Waals surface area contributed by atoms with Gasteiger partial charge in [-0.05, 0) is 43.4 Å². The highest BCUT2D eigenvalue weighted by Crippen LogP contribution is 2.45. The summed E-state index contributed by atoms with van der Waals surface area (Å²) in [6.45, 7) is 12.1. The van der Waals surface area contributed by atoms with Gasteiger partial charge in [0.2, 0.25) is 0 Å². The molecule has 0 saturated heterocycles. The molecule has 6 atom stereocenters. The van der Waals surface area contributed by atoms with Gasteiger partial charge >= 0.3 is 39.5 Å². The van der Waals surface area contributed by atoms with Gasteiger partial charge in [-0.25, -0.2) is 9.13 Å². The van der Waals surface area contributed by atoms with Gasteiger partial charge in [-0.2, -0.15) is 0 Å². The average molecular weight is 1550 g/mol. The zero-order valence-electron chi connectivity index (χ0n) is 69.9. The molecule has 0 aliphatic carbocycles. The molecule has 0 aliphatic rings. The van der Waals surface area contributed by atoms with E-state index in [1.807, 2.05) is 0 Å². The molecule has 3 N–H and O–H groups in total. The van der Waals surface area contributed by atoms with Crippen LogP contribution in [0, 0.1) is 17.8 Å². The molecule has 0 amide bonds. The number of ether oxygens (including phenoxy) is 4. The van der Waals surface area contributed by atoms with Crippen molar-refractivity contribution in [2.45, 2.75) is 478 Å². The van der Waals surface area contributed by atoms with Crippen molar-refractivity contribution in [1.82, 2.24) is 0 Å². The van der Waals surface area contributed by atoms with Gasteiger partial charge in [-0.15, -0.1) is 0 Å². The van der Waals surface area contributed by atoms with Gasteiger partial charge in [0.1, 0.15) is 19.3 Å². The van der Waals surface area contributed by atoms with Crippen LogP contribution in [0.2, 0.25) is 0 Å². The molecule has 0 spiro atoms. The minimum absolute atomic E-state index is 0.108. The second kappa shape index (κ2) is 77.0. The number of carbonyl (C=O) groups excluding carboxylic acids is 4. The summed E-state index contributed by atoms with van der Waals surface area (Å²) >= 11 is 0. The summed E-state index contributed by atoms with van der Waals surface area (Å²) in [5.74, 6) is 0.308. The Kier molecular flexibility index (Phi) is 75.6. The Morgan fingerprint density at radius 1 is 0.274 bits per heavy atom. The second-order valence-corrected chi connectivity index (χ2v) is 35.4. The Morgan fingerprint density at radius 2 is 0.481 bits per heavy atom. The number of unbranched alkanes of at least 4 members (excludes halogenated alkanes) is 52. The number of phosphoric ester groups is 2. The first-order chi connectivity index (χ1) is 51.3. The lowest BCUT2D eigenvalue weighted by Crippen LogP contribution is -2.30. The van der Waals surface area contributed by atoms with Gasteiger partial charge in [0, 0.05) is 25.7 Å². The zero-order valence-corrected chi connectivity index (χ0v) is 71.7. The number of aliphatic hydroxyl groups is 1. The highest BCUT2D eigenvalue weighted by Gasteiger charge is 2.31. The Balaban J connectivity index is 5.25. The van der Waals surface area contributed by atoms with E-state index in [0.717, 1.165) is 108 Å². The van der Waals surface area contributed by atoms with Gasteiger partial charge in [0.25, 0.3) is 0 Å². The molecule has 0 aromatic carbocycles. The van der Waals surface area contributed by atoms with E-state index in [-0.39, 0.29) is 25.7 Å². The number of rotatable bonds is 85. The molecule has 106 heavy (non-hydrogen) atoms. The Hall–Kier alpha value is -1.94. The van der Waals surface area contributed by atoms with Gasteiger partial charge in [0.05, 0.1) is 26.4 Å². The lowest BCUT2D eigenvalue weighted by molar-refractivity contribution is -0.161. The third-order valence-corrected chi connectivity index (χ3v) is 22.6. The fraction of sp³-hybridized carbons (Fsp3) is 0.954. The maximum absolute atomic E-state index is 13.2. The number of aliphatic hydroxyl groups excluding tert-OH is 1. The first kappa shape index (κ1) is 104. The van der Waals surface area contributed by atoms with Gasteiger partial charge < -0.3 is 33.8 Å². The van der Waals surface area contributed by atoms with Crippen molar-refractivity contribution in [1.29, 1.82) is 0 Å². The smallest absolute Gasteiger partial charge is 0.462 e. The quantitative estimate of drug-likeness (QED) is 0.0222. The van der Waals surface area contributed by atoms with E-state index >= 15 is 0 Å². The minimum Gasteiger partial charge on any atom is -0.462 e. The second-order valence-electron chi connectivity index (χ2n) is 32.5. The molecule has 0 saturated carbocycles. The van der Waals surface area contributed by atoms with Crippen LogP contribution in [-0.2, 0) is 65.4 Å². The Labute approximate surface area is 651 Å². The van der Waals surface area contributed by atoms with E-state index in [2.05, 4.69) is 48.5 Å². The molecule has 0 heterocycles. The van der Waals surface area contributed by atoms with Gasteiger partial charge in [-0.3, -0.25) is 37.3 Å². The normalized spacial score (nSPS) is 14.1. The Morgan fingerprint density at radius 3 is 0.717 bits per heavy atom. The van der Waals surface area contributed by atoms with Crippen LogP contribution in [0.4, 0.5) is 0 Å². The largest absolute Gasteiger partial charge is 0.472 e. The van der Waals surface area contributed by atoms with Crippen LogP contribution in [0.25, 0.3) is 0 Å². The van der Waals surface area contributed by atoms with Crippen LogP contribution < -0.4 is 0 Å². The number of esters is 4. The average Bonchev–Trinajstić information content (AvgIpc) is 0.914. The maximum atomic E-state index is 13.2. The molecule has 0 fully saturated rings. The molecule has 630 valence electrons. The van der Waals surface area contributed by atoms with Crippen LogP contribution in [0.5, 0.6) is 0 Å². The summed E-state index contributed by atoms with van der Waals surface area (Å²) in [5.41, 5.74) is 0. The van der Waals surface area contributed by atoms with Crippen molar-refractivity contribution in [2.75, 3.05) is 39.6 Å². The van der Waals surface area contributed by atoms with Crippen molar-refractivity contribution in [2.24, 2.45) is 17.8 Å². The predicted molar refractivity (Wildman–Crippen MR) is 437 cm³/mol. The summed E-state index contributed by atoms with van der Waals surface area (Å²) in [4.78, 5) is 73.3. The summed E-state index contributed by atoms with van der Waals surface area (Å²) in [7, 11) is -9.93. The molecule has 0 radical (unpaired) electrons. The predicted octanol–water partition coefficient (Wildman–Crippen LogP) is 26.5. The number of hydrogen-bond acceptors (Lipinski definition) is 15. The zero-order chi connectivity index (χ0) is 77.9. The van der Waals surface area contributed by atoms with E-state index in [9.17, 15) is 43.2 Å². The standard InChI is InChI=1S/C87H170O17P2/c1-8-10-11-12-13-14-15-16-29-35-40-49-56-63-70-86(91)104-83(75-98-85(90)69-62-55-48-43-42-46-53-60-67-80(7)9-2)77-102-106(95,96)100-73-81(88)72-99-105(93,94)101-76-82(74-97-84(89)68-61-54-47-39-34-30-25-22-21-24-28-33-38-45-52-59-66-79(5)6)103-87(92)71-64-57-50-41-36-31-26-20-18-17-19-23-27-32-37-44-51-58-65-78(3)4/h78-83,88H,8-77H2,1-7H3,(H,93,94)(H,95,96)/t80?,81-,82-,83-/m1/s1. The van der Waals surface area contributed by atoms with Crippen molar-refractivity contribution < 1.29 is 80.2 Å². The topological polar surface area (TPSA) is 237 Å². The molecule has 0 aromatic heterocycles. The summed E-state index contributed by atoms with van der Waals surface area (Å²) < 4.78 is 68.9. The molecule has 17 nitrogen and oxygen atoms in total. The number of hydrogen-bond donors (Lipinski definition) is 3. The molecular weight excluding hydrogens is 1380 g/mol. The van der Waals surface area contributed by atoms with Crippen LogP contribution in [0.1, 0.15) is 459 Å². The SMILES string of the molecule is CCCCCCCCCCCCCCCCC(=O)O[C@H](COC(=O)CCCCCCCCCCC(C)CC)COP(=O)(O)OC[C@H](O)COP(=O)(O)OC[C@@H](COC(=O)CCCCCCCCCCCCCCCCCCC(C)C)OC(=O)CCCCCCCCCCCCCCCCCCCCC(C)C. The number of carbonyl (C=O) groups is 4. The lowest BCUT2D eigenvalue weighted by Gasteiger charge is -2.21. The molecule has 0 aliphatic heterocycles. The molecule has 0 aromatic rings. The van der Waals surface area contributed by atoms with Crippen LogP contribution in [0.15, 0.2) is 0 Å². The fourth-order valence-corrected chi connectivity index (χ4v) is 15.1. The molecule has 3 unspecified atom stereocenters. The fourth-order valence-electron chi connectivity index (χ4n) is 13.5. The summed E-state index contributed by atoms with van der Waals surface area (Å²) in [5, 5.41) is 10.7. The van der Waals surface area contributed by atoms with E-state index in [4.69, 9.17) is 37.0 Å². The maximum Gasteiger partial charge on any atom is 0.472 e. The summed E-state index contributed by atoms with van der Waals surface area (Å²) in [6, 6.07) is 0. The van der Waals surface area contributed by atoms with Crippen molar-refractivity contribution in [3.05, 3.63) is 0 Å². The molecule has 0 bridgehead atoms. The Bertz CT molecular complexity index is 2050. The first-order valence-corrected chi connectivity index (χ1v) is 47.9. The van der Waals surface area contributed by atoms with Crippen LogP contribution in [0.3, 0.4) is 0 Å². The molecular formula is C87H170O17P2. The van der Waals surface area contributed by atoms with Gasteiger partial charge in [-0.1, -0.05) is 408 Å². The van der Waals surface area contributed by atoms with Crippen molar-refractivity contribution in [3.63, 3.8) is 0 Å². The third kappa shape index (κ3) is 78.7. The molecule has 0 rings (SSSR count). The highest BCUT2D eigenvalue weighted by molar-refractivity contribution is 7.47. The third-order valence-electron chi connectivity index (χ3n) is 20.7. The monoisotopic (exact) mass is 1550 g/mol. The summed E-state index contributed by atoms with van der Waals surface area (Å²) in [6.07, 6.45) is 68.0. The first-order valence-electron chi connectivity index (χ1n) is 44.9. The number of phosphoric acid groups is 2. The lowest BCUT2D eigenvalue weighted by atomic mass is 9.99. The van der Waals surface area contributed by atoms with E-state index < -0.39 is 97.5 Å². The van der Waals surface area contributed by atoms with Crippen LogP contribution >= 0.6 is 15.6 Å². The van der Waals surface area contributed by atoms with Crippen molar-refractivity contribution in [3.8, 4) is 0 Å². The van der Waals surface area contributed by atoms with E-state index in [1.165, 1.54) is 270 Å². The van der Waals surface area contributed by atoms with Crippen molar-refractivity contribution >= 4 is 39.5 Å². The van der Waals surface area contributed by atoms with Crippen LogP contribution in [-0.4, -0.2) is 96.7 Å². The minimum atomic E-state index is -4.97. The molecule has 19 heteroatoms. The van der Waals surface area contributed by atoms with Gasteiger partial charge in [0.15, 0.2) is 12.2 Å².